The van der Waals surface area contributed by atoms with Crippen LogP contribution in [0.2, 0.25) is 5.02 Å². The fourth-order valence-corrected chi connectivity index (χ4v) is 3.74. The van der Waals surface area contributed by atoms with Gasteiger partial charge in [0.1, 0.15) is 5.57 Å². The minimum Gasteiger partial charge on any atom is -0.493 e. The lowest BCUT2D eigenvalue weighted by Crippen LogP contribution is -2.56. The number of thiocarbonyl (C=S) groups is 1. The first kappa shape index (κ1) is 23.8. The Balaban J connectivity index is 2.02. The number of rotatable bonds is 7. The van der Waals surface area contributed by atoms with Crippen LogP contribution in [0.4, 0.5) is 5.69 Å². The lowest BCUT2D eigenvalue weighted by molar-refractivity contribution is -0.127. The highest BCUT2D eigenvalue weighted by atomic mass is 35.5. The van der Waals surface area contributed by atoms with Gasteiger partial charge in [-0.1, -0.05) is 24.6 Å². The van der Waals surface area contributed by atoms with Gasteiger partial charge in [0, 0.05) is 11.6 Å². The van der Waals surface area contributed by atoms with E-state index in [-0.39, 0.29) is 16.8 Å². The first-order valence-electron chi connectivity index (χ1n) is 10.3. The molecule has 1 aliphatic heterocycles. The Kier molecular flexibility index (Phi) is 7.53. The first-order valence-corrected chi connectivity index (χ1v) is 11.1. The van der Waals surface area contributed by atoms with Crippen LogP contribution in [0.1, 0.15) is 32.8 Å². The summed E-state index contributed by atoms with van der Waals surface area (Å²) in [5, 5.41) is 0.673. The van der Waals surface area contributed by atoms with Crippen molar-refractivity contribution in [3.63, 3.8) is 0 Å². The van der Waals surface area contributed by atoms with Gasteiger partial charge in [0.2, 0.25) is 0 Å². The van der Waals surface area contributed by atoms with Crippen molar-refractivity contribution in [1.29, 1.82) is 0 Å². The van der Waals surface area contributed by atoms with Crippen LogP contribution in [0.25, 0.3) is 6.08 Å². The van der Waals surface area contributed by atoms with Gasteiger partial charge in [-0.15, -0.1) is 0 Å². The number of nitrogens with zero attached hydrogens (tertiary/aromatic N) is 2. The predicted molar refractivity (Wildman–Crippen MR) is 130 cm³/mol. The quantitative estimate of drug-likeness (QED) is 0.319. The van der Waals surface area contributed by atoms with Gasteiger partial charge in [0.15, 0.2) is 16.6 Å². The van der Waals surface area contributed by atoms with Crippen LogP contribution in [0.3, 0.4) is 0 Å². The van der Waals surface area contributed by atoms with Crippen LogP contribution in [-0.4, -0.2) is 41.6 Å². The van der Waals surface area contributed by atoms with Gasteiger partial charge in [-0.3, -0.25) is 19.4 Å². The molecule has 32 heavy (non-hydrogen) atoms. The fourth-order valence-electron chi connectivity index (χ4n) is 3.21. The lowest BCUT2D eigenvalue weighted by Gasteiger charge is -2.36. The molecule has 1 aliphatic rings. The van der Waals surface area contributed by atoms with E-state index in [1.807, 2.05) is 20.8 Å². The first-order chi connectivity index (χ1) is 15.3. The Hall–Kier alpha value is -2.90. The van der Waals surface area contributed by atoms with Crippen molar-refractivity contribution < 1.29 is 19.1 Å². The molecule has 0 bridgehead atoms. The Morgan fingerprint density at radius 3 is 2.34 bits per heavy atom. The zero-order valence-electron chi connectivity index (χ0n) is 18.4. The van der Waals surface area contributed by atoms with E-state index in [2.05, 4.69) is 0 Å². The molecule has 2 amide bonds. The minimum absolute atomic E-state index is 0.00745. The van der Waals surface area contributed by atoms with Gasteiger partial charge >= 0.3 is 0 Å². The standard InChI is InChI=1S/C24H25ClN2O4S/c1-5-15(3)31-20-12-7-16(14-21(20)30-4)13-19-22(28)26(6-2)24(32)27(23(19)29)18-10-8-17(25)9-11-18/h7-15H,5-6H2,1-4H3/b19-13+/t15-/m0/s1. The van der Waals surface area contributed by atoms with Crippen molar-refractivity contribution in [3.05, 3.63) is 58.6 Å². The molecule has 0 aromatic heterocycles. The minimum atomic E-state index is -0.495. The van der Waals surface area contributed by atoms with Crippen LogP contribution in [0.15, 0.2) is 48.0 Å². The molecule has 8 heteroatoms. The summed E-state index contributed by atoms with van der Waals surface area (Å²) in [6.07, 6.45) is 2.43. The molecule has 0 spiro atoms. The molecule has 0 radical (unpaired) electrons. The number of benzene rings is 2. The number of halogens is 1. The normalized spacial score (nSPS) is 16.5. The highest BCUT2D eigenvalue weighted by Gasteiger charge is 2.39. The summed E-state index contributed by atoms with van der Waals surface area (Å²) in [6.45, 7) is 6.15. The van der Waals surface area contributed by atoms with E-state index in [1.165, 1.54) is 9.80 Å². The van der Waals surface area contributed by atoms with E-state index in [1.54, 1.807) is 55.7 Å². The third-order valence-corrected chi connectivity index (χ3v) is 5.79. The van der Waals surface area contributed by atoms with Gasteiger partial charge in [0.25, 0.3) is 11.8 Å². The van der Waals surface area contributed by atoms with E-state index in [0.717, 1.165) is 6.42 Å². The lowest BCUT2D eigenvalue weighted by atomic mass is 10.1. The molecule has 3 rings (SSSR count). The maximum absolute atomic E-state index is 13.3. The molecule has 1 saturated heterocycles. The third kappa shape index (κ3) is 4.79. The molecule has 0 aliphatic carbocycles. The van der Waals surface area contributed by atoms with Crippen LogP contribution in [0, 0.1) is 0 Å². The highest BCUT2D eigenvalue weighted by molar-refractivity contribution is 7.80. The third-order valence-electron chi connectivity index (χ3n) is 5.13. The molecule has 6 nitrogen and oxygen atoms in total. The number of methoxy groups -OCH3 is 1. The average Bonchev–Trinajstić information content (AvgIpc) is 2.79. The van der Waals surface area contributed by atoms with Gasteiger partial charge in [-0.25, -0.2) is 0 Å². The summed E-state index contributed by atoms with van der Waals surface area (Å²) in [4.78, 5) is 29.1. The van der Waals surface area contributed by atoms with E-state index in [0.29, 0.717) is 34.3 Å². The number of ether oxygens (including phenoxy) is 2. The molecule has 0 saturated carbocycles. The molecular formula is C24H25ClN2O4S. The SMILES string of the molecule is CC[C@H](C)Oc1ccc(/C=C2\C(=O)N(CC)C(=S)N(c3ccc(Cl)cc3)C2=O)cc1OC. The molecule has 2 aromatic carbocycles. The summed E-state index contributed by atoms with van der Waals surface area (Å²) >= 11 is 11.4. The van der Waals surface area contributed by atoms with Crippen LogP contribution >= 0.6 is 23.8 Å². The maximum Gasteiger partial charge on any atom is 0.270 e. The zero-order chi connectivity index (χ0) is 23.4. The largest absolute Gasteiger partial charge is 0.493 e. The van der Waals surface area contributed by atoms with Gasteiger partial charge in [-0.05, 0) is 80.5 Å². The van der Waals surface area contributed by atoms with Crippen molar-refractivity contribution >= 4 is 52.5 Å². The van der Waals surface area contributed by atoms with E-state index >= 15 is 0 Å². The van der Waals surface area contributed by atoms with Gasteiger partial charge in [0.05, 0.1) is 18.9 Å². The Morgan fingerprint density at radius 1 is 1.06 bits per heavy atom. The molecule has 1 heterocycles. The van der Waals surface area contributed by atoms with E-state index in [9.17, 15) is 9.59 Å². The number of likely N-dealkylation sites (N-methyl/N-ethyl adjacent to an activating group) is 1. The summed E-state index contributed by atoms with van der Waals surface area (Å²) < 4.78 is 11.3. The number of hydrogen-bond acceptors (Lipinski definition) is 5. The number of anilines is 1. The van der Waals surface area contributed by atoms with Crippen LogP contribution in [-0.2, 0) is 9.59 Å². The van der Waals surface area contributed by atoms with Crippen molar-refractivity contribution in [1.82, 2.24) is 4.90 Å². The van der Waals surface area contributed by atoms with Crippen LogP contribution < -0.4 is 14.4 Å². The molecular weight excluding hydrogens is 448 g/mol. The smallest absolute Gasteiger partial charge is 0.270 e. The van der Waals surface area contributed by atoms with Gasteiger partial charge < -0.3 is 9.47 Å². The van der Waals surface area contributed by atoms with Crippen LogP contribution in [0.5, 0.6) is 11.5 Å². The van der Waals surface area contributed by atoms with Crippen molar-refractivity contribution in [2.24, 2.45) is 0 Å². The summed E-state index contributed by atoms with van der Waals surface area (Å²) in [5.41, 5.74) is 1.18. The van der Waals surface area contributed by atoms with E-state index in [4.69, 9.17) is 33.3 Å². The molecule has 0 N–H and O–H groups in total. The second-order valence-electron chi connectivity index (χ2n) is 7.25. The maximum atomic E-state index is 13.3. The highest BCUT2D eigenvalue weighted by Crippen LogP contribution is 2.32. The number of carbonyl (C=O) groups excluding carboxylic acids is 2. The van der Waals surface area contributed by atoms with E-state index < -0.39 is 11.8 Å². The summed E-state index contributed by atoms with van der Waals surface area (Å²) in [5.74, 6) is 0.190. The van der Waals surface area contributed by atoms with Crippen molar-refractivity contribution in [3.8, 4) is 11.5 Å². The Morgan fingerprint density at radius 2 is 1.75 bits per heavy atom. The topological polar surface area (TPSA) is 59.1 Å². The zero-order valence-corrected chi connectivity index (χ0v) is 20.0. The molecule has 0 unspecified atom stereocenters. The van der Waals surface area contributed by atoms with Crippen molar-refractivity contribution in [2.75, 3.05) is 18.6 Å². The monoisotopic (exact) mass is 472 g/mol. The number of carbonyl (C=O) groups is 2. The summed E-state index contributed by atoms with van der Waals surface area (Å²) in [6, 6.07) is 12.0. The fraction of sp³-hybridized carbons (Fsp3) is 0.292. The summed E-state index contributed by atoms with van der Waals surface area (Å²) in [7, 11) is 1.55. The second kappa shape index (κ2) is 10.1. The molecule has 168 valence electrons. The molecule has 1 fully saturated rings. The average molecular weight is 473 g/mol. The van der Waals surface area contributed by atoms with Crippen molar-refractivity contribution in [2.45, 2.75) is 33.3 Å². The Bertz CT molecular complexity index is 1070. The number of amides is 2. The predicted octanol–water partition coefficient (Wildman–Crippen LogP) is 5.09. The number of hydrogen-bond donors (Lipinski definition) is 0. The molecule has 1 atom stereocenters. The van der Waals surface area contributed by atoms with Gasteiger partial charge in [-0.2, -0.15) is 0 Å². The second-order valence-corrected chi connectivity index (χ2v) is 8.06. The molecule has 2 aromatic rings. The Labute approximate surface area is 198 Å².